The Morgan fingerprint density at radius 1 is 1.27 bits per heavy atom. The Labute approximate surface area is 153 Å². The van der Waals surface area contributed by atoms with Crippen molar-refractivity contribution in [1.82, 2.24) is 4.98 Å². The molecule has 0 aliphatic heterocycles. The minimum absolute atomic E-state index is 0.0614. The number of anilines is 1. The third kappa shape index (κ3) is 5.82. The van der Waals surface area contributed by atoms with E-state index in [9.17, 15) is 13.2 Å². The highest BCUT2D eigenvalue weighted by atomic mass is 32.2. The van der Waals surface area contributed by atoms with E-state index in [1.807, 2.05) is 32.0 Å². The zero-order valence-electron chi connectivity index (χ0n) is 15.0. The molecule has 8 heteroatoms. The molecule has 1 heterocycles. The predicted molar refractivity (Wildman–Crippen MR) is 101 cm³/mol. The van der Waals surface area contributed by atoms with Crippen molar-refractivity contribution in [2.75, 3.05) is 17.3 Å². The monoisotopic (exact) mass is 377 g/mol. The lowest BCUT2D eigenvalue weighted by molar-refractivity contribution is -0.117. The molecule has 0 aliphatic carbocycles. The van der Waals surface area contributed by atoms with Crippen molar-refractivity contribution in [1.29, 1.82) is 0 Å². The number of carbonyl (C=O) groups is 1. The first-order chi connectivity index (χ1) is 12.2. The molecule has 0 fully saturated rings. The summed E-state index contributed by atoms with van der Waals surface area (Å²) in [4.78, 5) is 16.2. The quantitative estimate of drug-likeness (QED) is 0.765. The van der Waals surface area contributed by atoms with Crippen molar-refractivity contribution in [3.63, 3.8) is 0 Å². The Kier molecular flexibility index (Phi) is 6.33. The number of nitrogens with two attached hydrogens (primary N) is 1. The number of aromatic nitrogens is 1. The van der Waals surface area contributed by atoms with Crippen molar-refractivity contribution in [2.24, 2.45) is 5.73 Å². The molecule has 0 spiro atoms. The fourth-order valence-electron chi connectivity index (χ4n) is 2.17. The van der Waals surface area contributed by atoms with Crippen LogP contribution in [0.1, 0.15) is 17.5 Å². The molecule has 1 unspecified atom stereocenters. The Bertz CT molecular complexity index is 880. The number of pyridine rings is 1. The van der Waals surface area contributed by atoms with Gasteiger partial charge in [0.2, 0.25) is 11.8 Å². The van der Waals surface area contributed by atoms with Crippen LogP contribution in [0.25, 0.3) is 0 Å². The lowest BCUT2D eigenvalue weighted by Gasteiger charge is -2.12. The van der Waals surface area contributed by atoms with Crippen LogP contribution in [0.3, 0.4) is 0 Å². The summed E-state index contributed by atoms with van der Waals surface area (Å²) in [6, 6.07) is 8.15. The van der Waals surface area contributed by atoms with Gasteiger partial charge in [-0.15, -0.1) is 0 Å². The number of nitrogens with one attached hydrogen (secondary N) is 1. The van der Waals surface area contributed by atoms with Gasteiger partial charge in [-0.25, -0.2) is 13.4 Å². The Morgan fingerprint density at radius 3 is 2.62 bits per heavy atom. The smallest absolute Gasteiger partial charge is 0.241 e. The van der Waals surface area contributed by atoms with Gasteiger partial charge < -0.3 is 15.8 Å². The first kappa shape index (κ1) is 19.9. The first-order valence-corrected chi connectivity index (χ1v) is 10.2. The number of hydrogen-bond acceptors (Lipinski definition) is 6. The summed E-state index contributed by atoms with van der Waals surface area (Å²) in [6.45, 7) is 3.97. The van der Waals surface area contributed by atoms with Gasteiger partial charge in [0.25, 0.3) is 0 Å². The number of benzene rings is 1. The van der Waals surface area contributed by atoms with Crippen molar-refractivity contribution in [3.8, 4) is 11.6 Å². The molecule has 2 aromatic rings. The van der Waals surface area contributed by atoms with E-state index in [1.165, 1.54) is 6.20 Å². The van der Waals surface area contributed by atoms with Crippen molar-refractivity contribution in [2.45, 2.75) is 26.3 Å². The average Bonchev–Trinajstić information content (AvgIpc) is 2.57. The van der Waals surface area contributed by atoms with E-state index in [-0.39, 0.29) is 12.2 Å². The first-order valence-electron chi connectivity index (χ1n) is 8.10. The van der Waals surface area contributed by atoms with Gasteiger partial charge in [0.15, 0.2) is 0 Å². The molecule has 1 atom stereocenters. The molecule has 1 aromatic carbocycles. The largest absolute Gasteiger partial charge is 0.439 e. The second kappa shape index (κ2) is 8.29. The maximum atomic E-state index is 12.0. The molecule has 0 saturated carbocycles. The molecular formula is C18H23N3O4S. The van der Waals surface area contributed by atoms with Crippen LogP contribution in [0.15, 0.2) is 36.5 Å². The van der Waals surface area contributed by atoms with Crippen LogP contribution in [0.2, 0.25) is 0 Å². The highest BCUT2D eigenvalue weighted by Crippen LogP contribution is 2.26. The second-order valence-corrected chi connectivity index (χ2v) is 8.46. The minimum atomic E-state index is -3.16. The molecule has 2 rings (SSSR count). The maximum Gasteiger partial charge on any atom is 0.241 e. The summed E-state index contributed by atoms with van der Waals surface area (Å²) in [5.74, 6) is 0.524. The lowest BCUT2D eigenvalue weighted by atomic mass is 10.1. The van der Waals surface area contributed by atoms with Crippen LogP contribution in [0.4, 0.5) is 5.69 Å². The topological polar surface area (TPSA) is 111 Å². The summed E-state index contributed by atoms with van der Waals surface area (Å²) < 4.78 is 28.0. The molecule has 0 saturated heterocycles. The molecule has 7 nitrogen and oxygen atoms in total. The lowest BCUT2D eigenvalue weighted by Crippen LogP contribution is -2.37. The zero-order chi connectivity index (χ0) is 19.3. The van der Waals surface area contributed by atoms with Crippen LogP contribution >= 0.6 is 0 Å². The van der Waals surface area contributed by atoms with Gasteiger partial charge in [0.05, 0.1) is 23.7 Å². The zero-order valence-corrected chi connectivity index (χ0v) is 15.8. The van der Waals surface area contributed by atoms with Crippen LogP contribution in [0.5, 0.6) is 11.6 Å². The minimum Gasteiger partial charge on any atom is -0.439 e. The SMILES string of the molecule is Cc1cccc(Oc2ccc(NC(=O)C(N)CCS(C)(=O)=O)cn2)c1C. The van der Waals surface area contributed by atoms with Gasteiger partial charge in [-0.1, -0.05) is 12.1 Å². The fourth-order valence-corrected chi connectivity index (χ4v) is 2.85. The number of amides is 1. The highest BCUT2D eigenvalue weighted by molar-refractivity contribution is 7.90. The molecule has 140 valence electrons. The number of aryl methyl sites for hydroxylation is 1. The van der Waals surface area contributed by atoms with Crippen molar-refractivity contribution >= 4 is 21.4 Å². The van der Waals surface area contributed by atoms with Crippen LogP contribution in [0, 0.1) is 13.8 Å². The molecule has 0 radical (unpaired) electrons. The summed E-state index contributed by atoms with van der Waals surface area (Å²) in [5, 5.41) is 2.61. The van der Waals surface area contributed by atoms with E-state index >= 15 is 0 Å². The Balaban J connectivity index is 1.96. The standard InChI is InChI=1S/C18H23N3O4S/c1-12-5-4-6-16(13(12)2)25-17-8-7-14(11-20-17)21-18(22)15(19)9-10-26(3,23)24/h4-8,11,15H,9-10,19H2,1-3H3,(H,21,22). The summed E-state index contributed by atoms with van der Waals surface area (Å²) in [5.41, 5.74) is 8.32. The van der Waals surface area contributed by atoms with E-state index in [0.29, 0.717) is 11.6 Å². The molecule has 3 N–H and O–H groups in total. The van der Waals surface area contributed by atoms with Gasteiger partial charge in [-0.2, -0.15) is 0 Å². The third-order valence-corrected chi connectivity index (χ3v) is 4.89. The van der Waals surface area contributed by atoms with E-state index < -0.39 is 21.8 Å². The average molecular weight is 377 g/mol. The number of rotatable bonds is 7. The molecule has 26 heavy (non-hydrogen) atoms. The van der Waals surface area contributed by atoms with Gasteiger partial charge in [0.1, 0.15) is 15.6 Å². The molecular weight excluding hydrogens is 354 g/mol. The number of carbonyl (C=O) groups excluding carboxylic acids is 1. The third-order valence-electron chi connectivity index (χ3n) is 3.91. The fraction of sp³-hybridized carbons (Fsp3) is 0.333. The summed E-state index contributed by atoms with van der Waals surface area (Å²) >= 11 is 0. The van der Waals surface area contributed by atoms with E-state index in [2.05, 4.69) is 10.3 Å². The predicted octanol–water partition coefficient (Wildman–Crippen LogP) is 2.19. The Hall–Kier alpha value is -2.45. The van der Waals surface area contributed by atoms with E-state index in [0.717, 1.165) is 23.1 Å². The molecule has 0 bridgehead atoms. The van der Waals surface area contributed by atoms with Gasteiger partial charge in [-0.3, -0.25) is 4.79 Å². The van der Waals surface area contributed by atoms with Crippen LogP contribution in [-0.4, -0.2) is 37.4 Å². The van der Waals surface area contributed by atoms with Crippen molar-refractivity contribution < 1.29 is 17.9 Å². The van der Waals surface area contributed by atoms with Crippen LogP contribution in [-0.2, 0) is 14.6 Å². The van der Waals surface area contributed by atoms with Gasteiger partial charge in [-0.05, 0) is 43.5 Å². The maximum absolute atomic E-state index is 12.0. The number of sulfone groups is 1. The normalized spacial score (nSPS) is 12.5. The number of hydrogen-bond donors (Lipinski definition) is 2. The highest BCUT2D eigenvalue weighted by Gasteiger charge is 2.16. The van der Waals surface area contributed by atoms with Gasteiger partial charge >= 0.3 is 0 Å². The van der Waals surface area contributed by atoms with Gasteiger partial charge in [0, 0.05) is 12.3 Å². The second-order valence-electron chi connectivity index (χ2n) is 6.20. The van der Waals surface area contributed by atoms with Crippen LogP contribution < -0.4 is 15.8 Å². The molecule has 1 aromatic heterocycles. The van der Waals surface area contributed by atoms with E-state index in [1.54, 1.807) is 12.1 Å². The summed E-state index contributed by atoms with van der Waals surface area (Å²) in [6.07, 6.45) is 2.63. The van der Waals surface area contributed by atoms with Crippen molar-refractivity contribution in [3.05, 3.63) is 47.7 Å². The Morgan fingerprint density at radius 2 is 2.00 bits per heavy atom. The number of nitrogens with zero attached hydrogens (tertiary/aromatic N) is 1. The number of ether oxygens (including phenoxy) is 1. The summed E-state index contributed by atoms with van der Waals surface area (Å²) in [7, 11) is -3.16. The molecule has 1 amide bonds. The van der Waals surface area contributed by atoms with E-state index in [4.69, 9.17) is 10.5 Å². The molecule has 0 aliphatic rings.